The number of sulfonamides is 1. The van der Waals surface area contributed by atoms with E-state index in [1.165, 1.54) is 50.5 Å². The highest BCUT2D eigenvalue weighted by molar-refractivity contribution is 7.89. The van der Waals surface area contributed by atoms with Gasteiger partial charge in [-0.15, -0.1) is 0 Å². The van der Waals surface area contributed by atoms with Crippen molar-refractivity contribution in [2.45, 2.75) is 11.4 Å². The van der Waals surface area contributed by atoms with Gasteiger partial charge < -0.3 is 10.4 Å². The first kappa shape index (κ1) is 21.1. The number of hydrogen-bond donors (Lipinski definition) is 2. The summed E-state index contributed by atoms with van der Waals surface area (Å²) in [6.45, 7) is -0.512. The quantitative estimate of drug-likeness (QED) is 0.594. The SMILES string of the molecule is CN(C)S(=O)(=O)c1ccc(NC(=O)Cn2nc(C(=O)O)c3ccccc3c2=O)cc1. The highest BCUT2D eigenvalue weighted by Crippen LogP contribution is 2.17. The van der Waals surface area contributed by atoms with Crippen LogP contribution in [0.3, 0.4) is 0 Å². The molecule has 0 radical (unpaired) electrons. The van der Waals surface area contributed by atoms with Crippen molar-refractivity contribution >= 4 is 38.4 Å². The third kappa shape index (κ3) is 4.07. The molecule has 1 heterocycles. The number of fused-ring (bicyclic) bond motifs is 1. The van der Waals surface area contributed by atoms with Crippen molar-refractivity contribution in [3.8, 4) is 0 Å². The molecule has 156 valence electrons. The molecule has 2 N–H and O–H groups in total. The zero-order valence-electron chi connectivity index (χ0n) is 16.1. The number of carboxylic acid groups (broad SMARTS) is 1. The fraction of sp³-hybridized carbons (Fsp3) is 0.158. The molecule has 10 nitrogen and oxygen atoms in total. The van der Waals surface area contributed by atoms with E-state index in [1.54, 1.807) is 12.1 Å². The minimum atomic E-state index is -3.60. The van der Waals surface area contributed by atoms with E-state index in [-0.39, 0.29) is 21.4 Å². The minimum Gasteiger partial charge on any atom is -0.476 e. The molecule has 0 aliphatic heterocycles. The molecule has 2 aromatic carbocycles. The number of aromatic carboxylic acids is 1. The number of hydrogen-bond acceptors (Lipinski definition) is 6. The maximum absolute atomic E-state index is 12.6. The maximum atomic E-state index is 12.6. The number of carbonyl (C=O) groups is 2. The summed E-state index contributed by atoms with van der Waals surface area (Å²) in [6.07, 6.45) is 0. The number of amides is 1. The Morgan fingerprint density at radius 3 is 2.23 bits per heavy atom. The maximum Gasteiger partial charge on any atom is 0.357 e. The number of benzene rings is 2. The average molecular weight is 430 g/mol. The van der Waals surface area contributed by atoms with Gasteiger partial charge in [-0.25, -0.2) is 22.2 Å². The molecule has 1 amide bonds. The van der Waals surface area contributed by atoms with Gasteiger partial charge in [0.05, 0.1) is 10.3 Å². The molecule has 0 bridgehead atoms. The van der Waals surface area contributed by atoms with E-state index in [2.05, 4.69) is 10.4 Å². The van der Waals surface area contributed by atoms with Gasteiger partial charge in [-0.3, -0.25) is 9.59 Å². The van der Waals surface area contributed by atoms with Gasteiger partial charge in [0, 0.05) is 25.2 Å². The Morgan fingerprint density at radius 1 is 1.07 bits per heavy atom. The standard InChI is InChI=1S/C19H18N4O6S/c1-22(2)30(28,29)13-9-7-12(8-10-13)20-16(24)11-23-18(25)15-6-4-3-5-14(15)17(21-23)19(26)27/h3-10H,11H2,1-2H3,(H,20,24)(H,26,27). The highest BCUT2D eigenvalue weighted by atomic mass is 32.2. The average Bonchev–Trinajstić information content (AvgIpc) is 2.70. The third-order valence-electron chi connectivity index (χ3n) is 4.28. The Bertz CT molecular complexity index is 1300. The van der Waals surface area contributed by atoms with E-state index in [0.29, 0.717) is 5.69 Å². The van der Waals surface area contributed by atoms with E-state index in [1.807, 2.05) is 0 Å². The van der Waals surface area contributed by atoms with Gasteiger partial charge in [0.15, 0.2) is 5.69 Å². The van der Waals surface area contributed by atoms with Crippen LogP contribution in [-0.4, -0.2) is 53.6 Å². The topological polar surface area (TPSA) is 139 Å². The van der Waals surface area contributed by atoms with Gasteiger partial charge in [-0.1, -0.05) is 18.2 Å². The highest BCUT2D eigenvalue weighted by Gasteiger charge is 2.18. The molecule has 0 aliphatic rings. The van der Waals surface area contributed by atoms with E-state index in [0.717, 1.165) is 8.99 Å². The van der Waals surface area contributed by atoms with Crippen LogP contribution in [0.4, 0.5) is 5.69 Å². The number of nitrogens with one attached hydrogen (secondary N) is 1. The number of nitrogens with zero attached hydrogens (tertiary/aromatic N) is 3. The van der Waals surface area contributed by atoms with E-state index in [4.69, 9.17) is 0 Å². The molecule has 0 spiro atoms. The molecule has 0 saturated heterocycles. The summed E-state index contributed by atoms with van der Waals surface area (Å²) in [5.41, 5.74) is -0.626. The molecule has 0 aliphatic carbocycles. The van der Waals surface area contributed by atoms with Gasteiger partial charge in [0.2, 0.25) is 15.9 Å². The van der Waals surface area contributed by atoms with Crippen LogP contribution in [0.1, 0.15) is 10.5 Å². The zero-order chi connectivity index (χ0) is 22.1. The molecular weight excluding hydrogens is 412 g/mol. The van der Waals surface area contributed by atoms with Crippen LogP contribution in [-0.2, 0) is 21.4 Å². The first-order valence-corrected chi connectivity index (χ1v) is 10.1. The summed E-state index contributed by atoms with van der Waals surface area (Å²) in [7, 11) is -0.786. The Labute approximate surface area is 171 Å². The second-order valence-corrected chi connectivity index (χ2v) is 8.67. The van der Waals surface area contributed by atoms with Crippen molar-refractivity contribution in [1.29, 1.82) is 0 Å². The predicted molar refractivity (Wildman–Crippen MR) is 109 cm³/mol. The van der Waals surface area contributed by atoms with Crippen molar-refractivity contribution in [3.63, 3.8) is 0 Å². The molecule has 30 heavy (non-hydrogen) atoms. The summed E-state index contributed by atoms with van der Waals surface area (Å²) in [5, 5.41) is 16.0. The molecule has 0 saturated carbocycles. The van der Waals surface area contributed by atoms with Crippen molar-refractivity contribution < 1.29 is 23.1 Å². The lowest BCUT2D eigenvalue weighted by Crippen LogP contribution is -2.31. The Hall–Kier alpha value is -3.57. The van der Waals surface area contributed by atoms with Gasteiger partial charge in [0.1, 0.15) is 6.54 Å². The summed E-state index contributed by atoms with van der Waals surface area (Å²) in [5.74, 6) is -1.95. The normalized spacial score (nSPS) is 11.6. The molecule has 1 aromatic heterocycles. The van der Waals surface area contributed by atoms with Gasteiger partial charge in [0.25, 0.3) is 5.56 Å². The lowest BCUT2D eigenvalue weighted by molar-refractivity contribution is -0.117. The van der Waals surface area contributed by atoms with Crippen LogP contribution in [0.15, 0.2) is 58.2 Å². The Kier molecular flexibility index (Phi) is 5.67. The zero-order valence-corrected chi connectivity index (χ0v) is 16.9. The molecule has 0 unspecified atom stereocenters. The Balaban J connectivity index is 1.85. The first-order valence-electron chi connectivity index (χ1n) is 8.67. The Morgan fingerprint density at radius 2 is 1.67 bits per heavy atom. The first-order chi connectivity index (χ1) is 14.1. The summed E-state index contributed by atoms with van der Waals surface area (Å²) >= 11 is 0. The fourth-order valence-electron chi connectivity index (χ4n) is 2.76. The van der Waals surface area contributed by atoms with E-state index in [9.17, 15) is 27.9 Å². The molecule has 3 aromatic rings. The van der Waals surface area contributed by atoms with Gasteiger partial charge >= 0.3 is 5.97 Å². The predicted octanol–water partition coefficient (Wildman–Crippen LogP) is 0.984. The largest absolute Gasteiger partial charge is 0.476 e. The summed E-state index contributed by atoms with van der Waals surface area (Å²) < 4.78 is 26.0. The monoisotopic (exact) mass is 430 g/mol. The molecular formula is C19H18N4O6S. The number of rotatable bonds is 6. The second-order valence-electron chi connectivity index (χ2n) is 6.52. The van der Waals surface area contributed by atoms with Gasteiger partial charge in [-0.05, 0) is 30.3 Å². The number of anilines is 1. The summed E-state index contributed by atoms with van der Waals surface area (Å²) in [6, 6.07) is 11.6. The summed E-state index contributed by atoms with van der Waals surface area (Å²) in [4.78, 5) is 36.5. The van der Waals surface area contributed by atoms with Crippen molar-refractivity contribution in [3.05, 3.63) is 64.6 Å². The minimum absolute atomic E-state index is 0.0593. The second kappa shape index (κ2) is 8.05. The molecule has 11 heteroatoms. The van der Waals surface area contributed by atoms with Gasteiger partial charge in [-0.2, -0.15) is 5.10 Å². The van der Waals surface area contributed by atoms with Crippen LogP contribution in [0.25, 0.3) is 10.8 Å². The van der Waals surface area contributed by atoms with Crippen LogP contribution < -0.4 is 10.9 Å². The number of aromatic nitrogens is 2. The van der Waals surface area contributed by atoms with Crippen molar-refractivity contribution in [1.82, 2.24) is 14.1 Å². The van der Waals surface area contributed by atoms with Crippen LogP contribution in [0.2, 0.25) is 0 Å². The fourth-order valence-corrected chi connectivity index (χ4v) is 3.66. The smallest absolute Gasteiger partial charge is 0.357 e. The lowest BCUT2D eigenvalue weighted by Gasteiger charge is -2.12. The van der Waals surface area contributed by atoms with Crippen LogP contribution >= 0.6 is 0 Å². The molecule has 0 fully saturated rings. The third-order valence-corrected chi connectivity index (χ3v) is 6.11. The van der Waals surface area contributed by atoms with Crippen LogP contribution in [0, 0.1) is 0 Å². The molecule has 3 rings (SSSR count). The van der Waals surface area contributed by atoms with Crippen LogP contribution in [0.5, 0.6) is 0 Å². The van der Waals surface area contributed by atoms with Crippen molar-refractivity contribution in [2.24, 2.45) is 0 Å². The van der Waals surface area contributed by atoms with E-state index >= 15 is 0 Å². The number of carbonyl (C=O) groups excluding carboxylic acids is 1. The molecule has 0 atom stereocenters. The lowest BCUT2D eigenvalue weighted by atomic mass is 10.1. The van der Waals surface area contributed by atoms with Crippen molar-refractivity contribution in [2.75, 3.05) is 19.4 Å². The van der Waals surface area contributed by atoms with E-state index < -0.39 is 34.0 Å². The number of carboxylic acids is 1.